The summed E-state index contributed by atoms with van der Waals surface area (Å²) in [6.45, 7) is 2.43. The minimum atomic E-state index is -3.70. The fourth-order valence-electron chi connectivity index (χ4n) is 1.66. The maximum absolute atomic E-state index is 12.2. The topological polar surface area (TPSA) is 106 Å². The van der Waals surface area contributed by atoms with Crippen molar-refractivity contribution in [2.45, 2.75) is 11.8 Å². The van der Waals surface area contributed by atoms with Gasteiger partial charge in [0.15, 0.2) is 0 Å². The lowest BCUT2D eigenvalue weighted by Crippen LogP contribution is -2.14. The number of hydrogen-bond acceptors (Lipinski definition) is 6. The normalized spacial score (nSPS) is 11.0. The number of anilines is 2. The summed E-state index contributed by atoms with van der Waals surface area (Å²) in [7, 11) is -3.70. The first-order valence-corrected chi connectivity index (χ1v) is 7.72. The third-order valence-electron chi connectivity index (χ3n) is 2.61. The standard InChI is InChI=1S/C13H16N4O3S/c1-2-20-11-5-3-10(4-6-11)17-21(18,19)12-7-8-15-13(9-12)16-14/h3-9,17H,2,14H2,1H3,(H,15,16). The van der Waals surface area contributed by atoms with Crippen molar-refractivity contribution >= 4 is 21.5 Å². The Morgan fingerprint density at radius 3 is 2.57 bits per heavy atom. The zero-order chi connectivity index (χ0) is 15.3. The van der Waals surface area contributed by atoms with Crippen molar-refractivity contribution in [1.29, 1.82) is 0 Å². The van der Waals surface area contributed by atoms with Crippen LogP contribution in [-0.4, -0.2) is 20.0 Å². The molecule has 8 heteroatoms. The van der Waals surface area contributed by atoms with Crippen molar-refractivity contribution in [3.05, 3.63) is 42.6 Å². The van der Waals surface area contributed by atoms with Crippen LogP contribution in [0.3, 0.4) is 0 Å². The molecule has 0 spiro atoms. The number of ether oxygens (including phenoxy) is 1. The molecular formula is C13H16N4O3S. The molecule has 0 unspecified atom stereocenters. The molecule has 0 bridgehead atoms. The van der Waals surface area contributed by atoms with E-state index >= 15 is 0 Å². The molecule has 4 N–H and O–H groups in total. The Bertz CT molecular complexity index is 702. The predicted molar refractivity (Wildman–Crippen MR) is 80.5 cm³/mol. The summed E-state index contributed by atoms with van der Waals surface area (Å²) in [6, 6.07) is 9.38. The number of sulfonamides is 1. The van der Waals surface area contributed by atoms with E-state index in [-0.39, 0.29) is 10.7 Å². The van der Waals surface area contributed by atoms with Crippen LogP contribution >= 0.6 is 0 Å². The van der Waals surface area contributed by atoms with E-state index in [9.17, 15) is 8.42 Å². The molecule has 0 aliphatic carbocycles. The fraction of sp³-hybridized carbons (Fsp3) is 0.154. The third kappa shape index (κ3) is 3.83. The molecule has 1 aromatic carbocycles. The number of pyridine rings is 1. The minimum absolute atomic E-state index is 0.0688. The van der Waals surface area contributed by atoms with Crippen LogP contribution in [0.2, 0.25) is 0 Å². The van der Waals surface area contributed by atoms with Crippen molar-refractivity contribution < 1.29 is 13.2 Å². The molecular weight excluding hydrogens is 292 g/mol. The van der Waals surface area contributed by atoms with Gasteiger partial charge in [-0.25, -0.2) is 19.2 Å². The molecule has 0 radical (unpaired) electrons. The largest absolute Gasteiger partial charge is 0.494 e. The second-order valence-corrected chi connectivity index (χ2v) is 5.77. The Balaban J connectivity index is 2.20. The Labute approximate surface area is 123 Å². The minimum Gasteiger partial charge on any atom is -0.494 e. The summed E-state index contributed by atoms with van der Waals surface area (Å²) in [4.78, 5) is 3.93. The van der Waals surface area contributed by atoms with Gasteiger partial charge >= 0.3 is 0 Å². The first-order valence-electron chi connectivity index (χ1n) is 6.23. The van der Waals surface area contributed by atoms with Crippen LogP contribution in [-0.2, 0) is 10.0 Å². The first-order chi connectivity index (χ1) is 10.0. The van der Waals surface area contributed by atoms with Gasteiger partial charge in [0.2, 0.25) is 0 Å². The number of nitrogen functional groups attached to an aromatic ring is 1. The highest BCUT2D eigenvalue weighted by atomic mass is 32.2. The van der Waals surface area contributed by atoms with Crippen LogP contribution in [0.1, 0.15) is 6.92 Å². The number of nitrogens with two attached hydrogens (primary N) is 1. The molecule has 0 saturated carbocycles. The van der Waals surface area contributed by atoms with E-state index in [0.29, 0.717) is 18.0 Å². The van der Waals surface area contributed by atoms with E-state index in [2.05, 4.69) is 15.1 Å². The van der Waals surface area contributed by atoms with E-state index in [4.69, 9.17) is 10.6 Å². The van der Waals surface area contributed by atoms with Gasteiger partial charge in [-0.3, -0.25) is 4.72 Å². The summed E-state index contributed by atoms with van der Waals surface area (Å²) in [5.74, 6) is 6.17. The molecule has 0 aliphatic heterocycles. The smallest absolute Gasteiger partial charge is 0.262 e. The van der Waals surface area contributed by atoms with Crippen molar-refractivity contribution in [3.63, 3.8) is 0 Å². The zero-order valence-electron chi connectivity index (χ0n) is 11.4. The van der Waals surface area contributed by atoms with E-state index < -0.39 is 10.0 Å². The van der Waals surface area contributed by atoms with Gasteiger partial charge in [-0.05, 0) is 37.3 Å². The Hall–Kier alpha value is -2.32. The number of hydrogen-bond donors (Lipinski definition) is 3. The predicted octanol–water partition coefficient (Wildman–Crippen LogP) is 1.57. The number of nitrogens with zero attached hydrogens (tertiary/aromatic N) is 1. The quantitative estimate of drug-likeness (QED) is 0.552. The average molecular weight is 308 g/mol. The molecule has 0 amide bonds. The molecule has 21 heavy (non-hydrogen) atoms. The van der Waals surface area contributed by atoms with E-state index in [1.165, 1.54) is 18.3 Å². The highest BCUT2D eigenvalue weighted by Crippen LogP contribution is 2.20. The number of rotatable bonds is 6. The van der Waals surface area contributed by atoms with Crippen LogP contribution in [0.5, 0.6) is 5.75 Å². The van der Waals surface area contributed by atoms with Gasteiger partial charge in [-0.1, -0.05) is 0 Å². The highest BCUT2D eigenvalue weighted by Gasteiger charge is 2.15. The van der Waals surface area contributed by atoms with E-state index in [1.807, 2.05) is 6.92 Å². The summed E-state index contributed by atoms with van der Waals surface area (Å²) >= 11 is 0. The van der Waals surface area contributed by atoms with Crippen molar-refractivity contribution in [3.8, 4) is 5.75 Å². The van der Waals surface area contributed by atoms with Crippen molar-refractivity contribution in [2.24, 2.45) is 5.84 Å². The monoisotopic (exact) mass is 308 g/mol. The van der Waals surface area contributed by atoms with Crippen molar-refractivity contribution in [2.75, 3.05) is 16.8 Å². The molecule has 1 heterocycles. The molecule has 1 aromatic heterocycles. The number of benzene rings is 1. The lowest BCUT2D eigenvalue weighted by Gasteiger charge is -2.10. The maximum atomic E-state index is 12.2. The number of nitrogens with one attached hydrogen (secondary N) is 2. The van der Waals surface area contributed by atoms with Crippen molar-refractivity contribution in [1.82, 2.24) is 4.98 Å². The van der Waals surface area contributed by atoms with Gasteiger partial charge in [0.1, 0.15) is 11.6 Å². The SMILES string of the molecule is CCOc1ccc(NS(=O)(=O)c2ccnc(NN)c2)cc1. The van der Waals surface area contributed by atoms with Gasteiger partial charge in [-0.15, -0.1) is 0 Å². The van der Waals surface area contributed by atoms with Gasteiger partial charge < -0.3 is 10.2 Å². The summed E-state index contributed by atoms with van der Waals surface area (Å²) in [5, 5.41) is 0. The molecule has 2 aromatic rings. The lowest BCUT2D eigenvalue weighted by molar-refractivity contribution is 0.340. The summed E-state index contributed by atoms with van der Waals surface area (Å²) < 4.78 is 32.3. The van der Waals surface area contributed by atoms with Crippen LogP contribution < -0.4 is 20.7 Å². The van der Waals surface area contributed by atoms with E-state index in [1.54, 1.807) is 24.3 Å². The number of hydrazine groups is 1. The molecule has 0 fully saturated rings. The fourth-order valence-corrected chi connectivity index (χ4v) is 2.73. The van der Waals surface area contributed by atoms with Gasteiger partial charge in [0, 0.05) is 18.0 Å². The van der Waals surface area contributed by atoms with Crippen LogP contribution in [0, 0.1) is 0 Å². The van der Waals surface area contributed by atoms with Gasteiger partial charge in [-0.2, -0.15) is 0 Å². The van der Waals surface area contributed by atoms with Gasteiger partial charge in [0.25, 0.3) is 10.0 Å². The van der Waals surface area contributed by atoms with E-state index in [0.717, 1.165) is 0 Å². The zero-order valence-corrected chi connectivity index (χ0v) is 12.2. The molecule has 2 rings (SSSR count). The molecule has 0 saturated heterocycles. The second kappa shape index (κ2) is 6.42. The number of aromatic nitrogens is 1. The Morgan fingerprint density at radius 1 is 1.24 bits per heavy atom. The average Bonchev–Trinajstić information content (AvgIpc) is 2.49. The second-order valence-electron chi connectivity index (χ2n) is 4.08. The summed E-state index contributed by atoms with van der Waals surface area (Å²) in [6.07, 6.45) is 1.36. The van der Waals surface area contributed by atoms with Crippen LogP contribution in [0.25, 0.3) is 0 Å². The molecule has 112 valence electrons. The summed E-state index contributed by atoms with van der Waals surface area (Å²) in [5.41, 5.74) is 2.75. The highest BCUT2D eigenvalue weighted by molar-refractivity contribution is 7.92. The first kappa shape index (κ1) is 15.1. The third-order valence-corrected chi connectivity index (χ3v) is 3.99. The maximum Gasteiger partial charge on any atom is 0.262 e. The Morgan fingerprint density at radius 2 is 1.95 bits per heavy atom. The Kier molecular flexibility index (Phi) is 4.61. The van der Waals surface area contributed by atoms with Gasteiger partial charge in [0.05, 0.1) is 11.5 Å². The molecule has 0 aliphatic rings. The van der Waals surface area contributed by atoms with Crippen LogP contribution in [0.4, 0.5) is 11.5 Å². The molecule has 0 atom stereocenters. The van der Waals surface area contributed by atoms with Crippen LogP contribution in [0.15, 0.2) is 47.5 Å². The lowest BCUT2D eigenvalue weighted by atomic mass is 10.3. The molecule has 7 nitrogen and oxygen atoms in total.